The summed E-state index contributed by atoms with van der Waals surface area (Å²) in [6.07, 6.45) is 0.277. The number of hydrogen-bond donors (Lipinski definition) is 1. The van der Waals surface area contributed by atoms with Crippen molar-refractivity contribution >= 4 is 22.5 Å². The number of piperidine rings is 1. The van der Waals surface area contributed by atoms with Gasteiger partial charge in [-0.25, -0.2) is 22.7 Å². The number of methoxy groups -OCH3 is 1. The average Bonchev–Trinajstić information content (AvgIpc) is 3.43. The van der Waals surface area contributed by atoms with E-state index in [1.807, 2.05) is 18.2 Å². The molecule has 3 aromatic heterocycles. The van der Waals surface area contributed by atoms with E-state index < -0.39 is 25.2 Å². The molecule has 0 radical (unpaired) electrons. The van der Waals surface area contributed by atoms with E-state index in [2.05, 4.69) is 25.3 Å². The first-order valence-electron chi connectivity index (χ1n) is 11.9. The van der Waals surface area contributed by atoms with Crippen LogP contribution in [0.2, 0.25) is 0 Å². The summed E-state index contributed by atoms with van der Waals surface area (Å²) < 4.78 is 54.8. The third-order valence-electron chi connectivity index (χ3n) is 6.96. The van der Waals surface area contributed by atoms with Crippen molar-refractivity contribution in [2.75, 3.05) is 38.7 Å². The standard InChI is InChI=1S/C24H26F3N7O2/c1-35-23-22-16(14-2-3-19-20(8-14)33(13-28-19)10-21(26)27)4-7-34(22)31-24(30-23)29-18-5-6-32(9-17(18)25)15-11-36-12-15/h2-4,7-8,13,15,17-18,21H,5-6,9-12H2,1H3,(H,29,31)/t17-,18+/m0/s1. The van der Waals surface area contributed by atoms with Crippen LogP contribution in [-0.2, 0) is 11.3 Å². The molecule has 1 aromatic carbocycles. The number of rotatable bonds is 7. The van der Waals surface area contributed by atoms with E-state index in [0.717, 1.165) is 17.7 Å². The molecule has 36 heavy (non-hydrogen) atoms. The summed E-state index contributed by atoms with van der Waals surface area (Å²) in [7, 11) is 1.51. The smallest absolute Gasteiger partial charge is 0.256 e. The quantitative estimate of drug-likeness (QED) is 0.416. The number of aromatic nitrogens is 5. The SMILES string of the molecule is COc1nc(N[C@@H]2CCN(C3COC3)C[C@@H]2F)nn2ccc(-c3ccc4ncn(CC(F)F)c4c3)c12. The van der Waals surface area contributed by atoms with Crippen LogP contribution in [0.3, 0.4) is 0 Å². The fraction of sp³-hybridized carbons (Fsp3) is 0.458. The minimum absolute atomic E-state index is 0.278. The number of nitrogens with one attached hydrogen (secondary N) is 1. The highest BCUT2D eigenvalue weighted by Gasteiger charge is 2.35. The summed E-state index contributed by atoms with van der Waals surface area (Å²) in [5.74, 6) is 0.605. The van der Waals surface area contributed by atoms with E-state index >= 15 is 0 Å². The second kappa shape index (κ2) is 9.25. The van der Waals surface area contributed by atoms with Gasteiger partial charge in [-0.05, 0) is 30.2 Å². The molecule has 2 fully saturated rings. The van der Waals surface area contributed by atoms with Crippen LogP contribution in [0.15, 0.2) is 36.8 Å². The number of nitrogens with zero attached hydrogens (tertiary/aromatic N) is 6. The number of alkyl halides is 3. The second-order valence-electron chi connectivity index (χ2n) is 9.20. The van der Waals surface area contributed by atoms with E-state index in [1.165, 1.54) is 18.0 Å². The van der Waals surface area contributed by atoms with Gasteiger partial charge in [-0.3, -0.25) is 4.90 Å². The normalized spacial score (nSPS) is 21.4. The highest BCUT2D eigenvalue weighted by Crippen LogP contribution is 2.33. The Kier molecular flexibility index (Phi) is 5.92. The fourth-order valence-electron chi connectivity index (χ4n) is 4.97. The lowest BCUT2D eigenvalue weighted by Crippen LogP contribution is -2.57. The van der Waals surface area contributed by atoms with Gasteiger partial charge in [-0.15, -0.1) is 5.10 Å². The average molecular weight is 502 g/mol. The molecule has 2 atom stereocenters. The Labute approximate surface area is 204 Å². The molecular weight excluding hydrogens is 475 g/mol. The molecule has 6 rings (SSSR count). The first-order chi connectivity index (χ1) is 17.5. The van der Waals surface area contributed by atoms with Crippen LogP contribution in [-0.4, -0.2) is 87.1 Å². The highest BCUT2D eigenvalue weighted by atomic mass is 19.3. The van der Waals surface area contributed by atoms with Gasteiger partial charge in [0.1, 0.15) is 11.7 Å². The number of fused-ring (bicyclic) bond motifs is 2. The van der Waals surface area contributed by atoms with E-state index in [4.69, 9.17) is 9.47 Å². The molecule has 0 bridgehead atoms. The number of benzene rings is 1. The topological polar surface area (TPSA) is 81.7 Å². The van der Waals surface area contributed by atoms with Gasteiger partial charge in [0.25, 0.3) is 6.43 Å². The number of anilines is 1. The zero-order valence-corrected chi connectivity index (χ0v) is 19.6. The van der Waals surface area contributed by atoms with E-state index in [0.29, 0.717) is 54.7 Å². The zero-order valence-electron chi connectivity index (χ0n) is 19.6. The van der Waals surface area contributed by atoms with Gasteiger partial charge in [0, 0.05) is 24.8 Å². The summed E-state index contributed by atoms with van der Waals surface area (Å²) in [5.41, 5.74) is 3.44. The first kappa shape index (κ1) is 23.0. The number of halogens is 3. The van der Waals surface area contributed by atoms with E-state index in [1.54, 1.807) is 16.8 Å². The molecule has 5 heterocycles. The van der Waals surface area contributed by atoms with E-state index in [-0.39, 0.29) is 5.95 Å². The van der Waals surface area contributed by atoms with Gasteiger partial charge >= 0.3 is 0 Å². The monoisotopic (exact) mass is 501 g/mol. The predicted octanol–water partition coefficient (Wildman–Crippen LogP) is 3.24. The predicted molar refractivity (Wildman–Crippen MR) is 127 cm³/mol. The van der Waals surface area contributed by atoms with Gasteiger partial charge < -0.3 is 19.4 Å². The Morgan fingerprint density at radius 2 is 2.11 bits per heavy atom. The number of imidazole rings is 1. The molecule has 0 aliphatic carbocycles. The van der Waals surface area contributed by atoms with Crippen molar-refractivity contribution in [3.05, 3.63) is 36.8 Å². The Morgan fingerprint density at radius 3 is 2.83 bits per heavy atom. The summed E-state index contributed by atoms with van der Waals surface area (Å²) in [4.78, 5) is 10.9. The zero-order chi connectivity index (χ0) is 24.8. The van der Waals surface area contributed by atoms with E-state index in [9.17, 15) is 13.2 Å². The van der Waals surface area contributed by atoms with Crippen LogP contribution in [0.5, 0.6) is 5.88 Å². The molecular formula is C24H26F3N7O2. The van der Waals surface area contributed by atoms with Gasteiger partial charge in [0.2, 0.25) is 11.8 Å². The van der Waals surface area contributed by atoms with Crippen molar-refractivity contribution in [3.8, 4) is 17.0 Å². The van der Waals surface area contributed by atoms with Crippen LogP contribution in [0.25, 0.3) is 27.7 Å². The second-order valence-corrected chi connectivity index (χ2v) is 9.20. The maximum Gasteiger partial charge on any atom is 0.256 e. The lowest BCUT2D eigenvalue weighted by atomic mass is 10.0. The van der Waals surface area contributed by atoms with Crippen LogP contribution in [0.4, 0.5) is 19.1 Å². The van der Waals surface area contributed by atoms with Gasteiger partial charge in [0.05, 0.1) is 56.3 Å². The molecule has 0 saturated carbocycles. The molecule has 0 amide bonds. The maximum atomic E-state index is 14.9. The Bertz CT molecular complexity index is 1390. The third-order valence-corrected chi connectivity index (χ3v) is 6.96. The van der Waals surface area contributed by atoms with Crippen LogP contribution in [0.1, 0.15) is 6.42 Å². The minimum Gasteiger partial charge on any atom is -0.479 e. The molecule has 9 nitrogen and oxygen atoms in total. The molecule has 12 heteroatoms. The molecule has 4 aromatic rings. The fourth-order valence-corrected chi connectivity index (χ4v) is 4.97. The molecule has 2 saturated heterocycles. The van der Waals surface area contributed by atoms with Crippen molar-refractivity contribution in [2.45, 2.75) is 37.6 Å². The first-order valence-corrected chi connectivity index (χ1v) is 11.9. The summed E-state index contributed by atoms with van der Waals surface area (Å²) >= 11 is 0. The maximum absolute atomic E-state index is 14.9. The largest absolute Gasteiger partial charge is 0.479 e. The summed E-state index contributed by atoms with van der Waals surface area (Å²) in [6.45, 7) is 2.03. The third kappa shape index (κ3) is 4.13. The highest BCUT2D eigenvalue weighted by molar-refractivity contribution is 5.89. The molecule has 2 aliphatic heterocycles. The van der Waals surface area contributed by atoms with Crippen LogP contribution in [0, 0.1) is 0 Å². The lowest BCUT2D eigenvalue weighted by Gasteiger charge is -2.42. The van der Waals surface area contributed by atoms with Gasteiger partial charge in [-0.1, -0.05) is 6.07 Å². The number of likely N-dealkylation sites (tertiary alicyclic amines) is 1. The Morgan fingerprint density at radius 1 is 1.25 bits per heavy atom. The van der Waals surface area contributed by atoms with Crippen molar-refractivity contribution < 1.29 is 22.6 Å². The van der Waals surface area contributed by atoms with Crippen LogP contribution < -0.4 is 10.1 Å². The van der Waals surface area contributed by atoms with Crippen molar-refractivity contribution in [2.24, 2.45) is 0 Å². The summed E-state index contributed by atoms with van der Waals surface area (Å²) in [5, 5.41) is 7.70. The van der Waals surface area contributed by atoms with Gasteiger partial charge in [0.15, 0.2) is 0 Å². The molecule has 0 unspecified atom stereocenters. The number of hydrogen-bond acceptors (Lipinski definition) is 7. The molecule has 1 N–H and O–H groups in total. The lowest BCUT2D eigenvalue weighted by molar-refractivity contribution is -0.0794. The number of ether oxygens (including phenoxy) is 2. The molecule has 190 valence electrons. The van der Waals surface area contributed by atoms with Crippen molar-refractivity contribution in [1.82, 2.24) is 29.0 Å². The molecule has 2 aliphatic rings. The summed E-state index contributed by atoms with van der Waals surface area (Å²) in [6, 6.07) is 7.25. The minimum atomic E-state index is -2.48. The van der Waals surface area contributed by atoms with Crippen molar-refractivity contribution in [3.63, 3.8) is 0 Å². The molecule has 0 spiro atoms. The van der Waals surface area contributed by atoms with Crippen molar-refractivity contribution in [1.29, 1.82) is 0 Å². The Hall–Kier alpha value is -3.38. The Balaban J connectivity index is 1.28. The van der Waals surface area contributed by atoms with Gasteiger partial charge in [-0.2, -0.15) is 4.98 Å². The van der Waals surface area contributed by atoms with Crippen LogP contribution >= 0.6 is 0 Å².